The van der Waals surface area contributed by atoms with Crippen LogP contribution in [0.2, 0.25) is 19.6 Å². The number of halogens is 1. The Bertz CT molecular complexity index is 2650. The smallest absolute Gasteiger partial charge is 0.127 e. The maximum Gasteiger partial charge on any atom is 0.127 e. The number of hydrogen-bond acceptors (Lipinski definition) is 3. The summed E-state index contributed by atoms with van der Waals surface area (Å²) in [5.41, 5.74) is 10.2. The van der Waals surface area contributed by atoms with Crippen molar-refractivity contribution in [1.82, 2.24) is 9.97 Å². The van der Waals surface area contributed by atoms with Gasteiger partial charge < -0.3 is 14.4 Å². The summed E-state index contributed by atoms with van der Waals surface area (Å²) in [6, 6.07) is 46.2. The third-order valence-corrected chi connectivity index (χ3v) is 11.7. The minimum atomic E-state index is -1.55. The summed E-state index contributed by atoms with van der Waals surface area (Å²) in [6.45, 7) is 14.1. The number of nitrogens with zero attached hydrogens (tertiary/aromatic N) is 2. The normalized spacial score (nSPS) is 12.4. The number of aromatic nitrogens is 2. The van der Waals surface area contributed by atoms with Gasteiger partial charge in [-0.05, 0) is 62.9 Å². The van der Waals surface area contributed by atoms with Crippen LogP contribution in [0.1, 0.15) is 53.4 Å². The van der Waals surface area contributed by atoms with Crippen molar-refractivity contribution in [3.8, 4) is 44.8 Å². The average Bonchev–Trinajstić information content (AvgIpc) is 3.55. The zero-order chi connectivity index (χ0) is 39.8. The molecule has 0 aliphatic carbocycles. The molecule has 0 fully saturated rings. The molecule has 55 heavy (non-hydrogen) atoms. The second-order valence-corrected chi connectivity index (χ2v) is 20.2. The molecule has 0 bridgehead atoms. The van der Waals surface area contributed by atoms with Gasteiger partial charge in [-0.25, -0.2) is 4.39 Å². The van der Waals surface area contributed by atoms with Crippen molar-refractivity contribution in [2.75, 3.05) is 0 Å². The van der Waals surface area contributed by atoms with Crippen molar-refractivity contribution in [2.24, 2.45) is 0 Å². The number of benzene rings is 5. The summed E-state index contributed by atoms with van der Waals surface area (Å²) in [7, 11) is -1.55. The summed E-state index contributed by atoms with van der Waals surface area (Å²) >= 11 is 0. The van der Waals surface area contributed by atoms with E-state index in [2.05, 4.69) is 66.0 Å². The maximum atomic E-state index is 14.4. The molecule has 279 valence electrons. The third kappa shape index (κ3) is 8.78. The summed E-state index contributed by atoms with van der Waals surface area (Å²) in [5, 5.41) is 2.98. The Labute approximate surface area is 341 Å². The zero-order valence-electron chi connectivity index (χ0n) is 34.2. The molecule has 6 heteroatoms. The van der Waals surface area contributed by atoms with Gasteiger partial charge in [0.1, 0.15) is 11.4 Å². The van der Waals surface area contributed by atoms with Gasteiger partial charge in [-0.1, -0.05) is 148 Å². The number of rotatable bonds is 7. The van der Waals surface area contributed by atoms with E-state index in [9.17, 15) is 4.39 Å². The molecular formula is C49H45FIrN2OSi-2. The van der Waals surface area contributed by atoms with E-state index in [-0.39, 0.29) is 25.9 Å². The number of furan rings is 1. The van der Waals surface area contributed by atoms with E-state index in [1.807, 2.05) is 125 Å². The Morgan fingerprint density at radius 3 is 1.95 bits per heavy atom. The Balaban J connectivity index is 0.000000202. The van der Waals surface area contributed by atoms with Gasteiger partial charge in [0.15, 0.2) is 0 Å². The van der Waals surface area contributed by atoms with E-state index in [4.69, 9.17) is 7.16 Å². The van der Waals surface area contributed by atoms with Crippen molar-refractivity contribution in [2.45, 2.75) is 59.1 Å². The molecule has 0 saturated carbocycles. The van der Waals surface area contributed by atoms with E-state index in [0.29, 0.717) is 11.3 Å². The Kier molecular flexibility index (Phi) is 11.3. The minimum Gasteiger partial charge on any atom is -0.476 e. The van der Waals surface area contributed by atoms with Gasteiger partial charge in [-0.2, -0.15) is 0 Å². The summed E-state index contributed by atoms with van der Waals surface area (Å²) in [5.74, 6) is -1.79. The monoisotopic (exact) mass is 919 g/mol. The van der Waals surface area contributed by atoms with Crippen LogP contribution in [0.25, 0.3) is 66.7 Å². The van der Waals surface area contributed by atoms with Crippen molar-refractivity contribution in [3.63, 3.8) is 0 Å². The van der Waals surface area contributed by atoms with Crippen LogP contribution in [0.5, 0.6) is 0 Å². The van der Waals surface area contributed by atoms with Gasteiger partial charge in [0, 0.05) is 40.9 Å². The predicted octanol–water partition coefficient (Wildman–Crippen LogP) is 13.3. The summed E-state index contributed by atoms with van der Waals surface area (Å²) in [4.78, 5) is 8.85. The average molecular weight is 919 g/mol. The number of hydrogen-bond donors (Lipinski definition) is 0. The Morgan fingerprint density at radius 1 is 0.673 bits per heavy atom. The standard InChI is InChI=1S/C29H26NO.C20H19FNSi.Ir/c1-18(2)21-12-13-30-27(16-21)22-10-11-24-26-15-23(20-8-6-5-7-9-20)14-25(19(3)4)29(26)31-28(24)17-22;1-23(2,3)18-13-19(21)20(22-14-18)17-11-9-16(10-12-17)15-7-5-4-6-8-15;/h5-9,11-19H,1-4H3;4-11,13-14H,1-3H3;/q2*-1;/i18D,19D;;. The molecule has 0 N–H and O–H groups in total. The van der Waals surface area contributed by atoms with Gasteiger partial charge >= 0.3 is 0 Å². The molecule has 0 saturated heterocycles. The fourth-order valence-corrected chi connectivity index (χ4v) is 7.46. The summed E-state index contributed by atoms with van der Waals surface area (Å²) in [6.07, 6.45) is 3.55. The van der Waals surface area contributed by atoms with Crippen LogP contribution >= 0.6 is 0 Å². The van der Waals surface area contributed by atoms with Crippen LogP contribution in [0.4, 0.5) is 4.39 Å². The summed E-state index contributed by atoms with van der Waals surface area (Å²) < 4.78 is 37.9. The molecule has 0 atom stereocenters. The fraction of sp³-hybridized carbons (Fsp3) is 0.184. The third-order valence-electron chi connectivity index (χ3n) is 9.65. The molecule has 3 nitrogen and oxygen atoms in total. The van der Waals surface area contributed by atoms with Crippen LogP contribution in [0.15, 0.2) is 138 Å². The Morgan fingerprint density at radius 2 is 1.35 bits per heavy atom. The molecule has 8 rings (SSSR count). The molecule has 3 heterocycles. The predicted molar refractivity (Wildman–Crippen MR) is 226 cm³/mol. The first-order valence-corrected chi connectivity index (χ1v) is 21.7. The fourth-order valence-electron chi connectivity index (χ4n) is 6.45. The first kappa shape index (κ1) is 36.9. The van der Waals surface area contributed by atoms with Gasteiger partial charge in [-0.3, -0.25) is 0 Å². The molecule has 8 aromatic rings. The Hall–Kier alpha value is -5.00. The quantitative estimate of drug-likeness (QED) is 0.118. The molecular weight excluding hydrogens is 872 g/mol. The van der Waals surface area contributed by atoms with Gasteiger partial charge in [0.2, 0.25) is 0 Å². The van der Waals surface area contributed by atoms with E-state index in [0.717, 1.165) is 71.8 Å². The molecule has 0 unspecified atom stereocenters. The van der Waals surface area contributed by atoms with Crippen LogP contribution in [0, 0.1) is 17.9 Å². The topological polar surface area (TPSA) is 38.9 Å². The largest absolute Gasteiger partial charge is 0.476 e. The zero-order valence-corrected chi connectivity index (χ0v) is 35.6. The van der Waals surface area contributed by atoms with Gasteiger partial charge in [0.25, 0.3) is 0 Å². The van der Waals surface area contributed by atoms with Crippen LogP contribution in [0.3, 0.4) is 0 Å². The molecule has 1 radical (unpaired) electrons. The van der Waals surface area contributed by atoms with E-state index < -0.39 is 19.9 Å². The second kappa shape index (κ2) is 16.8. The maximum absolute atomic E-state index is 14.4. The van der Waals surface area contributed by atoms with Crippen molar-refractivity contribution in [3.05, 3.63) is 163 Å². The molecule has 3 aromatic heterocycles. The number of fused-ring (bicyclic) bond motifs is 3. The van der Waals surface area contributed by atoms with Crippen molar-refractivity contribution < 1.29 is 31.7 Å². The molecule has 0 aliphatic heterocycles. The van der Waals surface area contributed by atoms with Crippen LogP contribution in [-0.4, -0.2) is 18.0 Å². The minimum absolute atomic E-state index is 0. The first-order chi connectivity index (χ1) is 26.6. The van der Waals surface area contributed by atoms with Gasteiger partial charge in [0.05, 0.1) is 13.7 Å². The molecule has 5 aromatic carbocycles. The first-order valence-electron chi connectivity index (χ1n) is 19.2. The van der Waals surface area contributed by atoms with Gasteiger partial charge in [-0.15, -0.1) is 47.5 Å². The van der Waals surface area contributed by atoms with E-state index in [1.54, 1.807) is 12.3 Å². The van der Waals surface area contributed by atoms with Crippen molar-refractivity contribution in [1.29, 1.82) is 0 Å². The molecule has 0 aliphatic rings. The van der Waals surface area contributed by atoms with Crippen molar-refractivity contribution >= 4 is 35.2 Å². The van der Waals surface area contributed by atoms with Crippen LogP contribution in [-0.2, 0) is 20.1 Å². The second-order valence-electron chi connectivity index (χ2n) is 15.1. The van der Waals surface area contributed by atoms with E-state index in [1.165, 1.54) is 0 Å². The number of pyridine rings is 2. The SMILES string of the molecule is C[Si](C)(C)c1cnc(-c2[c-]cc(-c3ccccc3)cc2)c(F)c1.[2H]C(C)(C)c1ccnc(-c2[c-]cc3c(c2)oc2c(C([2H])(C)C)cc(-c4ccccc4)cc23)c1.[Ir]. The van der Waals surface area contributed by atoms with Crippen LogP contribution < -0.4 is 5.19 Å². The molecule has 0 amide bonds. The van der Waals surface area contributed by atoms with E-state index >= 15 is 0 Å². The molecule has 0 spiro atoms.